The molecule has 0 aromatic heterocycles. The number of hydrogen-bond acceptors (Lipinski definition) is 4. The Balaban J connectivity index is 0.00000312. The molecule has 1 saturated carbocycles. The van der Waals surface area contributed by atoms with Crippen LogP contribution in [0.15, 0.2) is 24.3 Å². The molecule has 0 bridgehead atoms. The van der Waals surface area contributed by atoms with Gasteiger partial charge in [-0.1, -0.05) is 31.4 Å². The van der Waals surface area contributed by atoms with Gasteiger partial charge in [-0.15, -0.1) is 12.4 Å². The van der Waals surface area contributed by atoms with Crippen molar-refractivity contribution in [2.45, 2.75) is 44.9 Å². The van der Waals surface area contributed by atoms with E-state index >= 15 is 0 Å². The van der Waals surface area contributed by atoms with Gasteiger partial charge in [0.15, 0.2) is 0 Å². The Kier molecular flexibility index (Phi) is 8.72. The Morgan fingerprint density at radius 3 is 2.48 bits per heavy atom. The van der Waals surface area contributed by atoms with E-state index in [1.165, 1.54) is 6.42 Å². The lowest BCUT2D eigenvalue weighted by molar-refractivity contribution is -0.119. The summed E-state index contributed by atoms with van der Waals surface area (Å²) in [5.74, 6) is 0.0737. The van der Waals surface area contributed by atoms with Crippen LogP contribution < -0.4 is 21.5 Å². The molecule has 0 heterocycles. The highest BCUT2D eigenvalue weighted by molar-refractivity contribution is 5.92. The van der Waals surface area contributed by atoms with Crippen LogP contribution >= 0.6 is 12.4 Å². The third-order valence-electron chi connectivity index (χ3n) is 4.65. The molecule has 5 N–H and O–H groups in total. The topological polar surface area (TPSA) is 107 Å². The van der Waals surface area contributed by atoms with Crippen molar-refractivity contribution >= 4 is 29.9 Å². The summed E-state index contributed by atoms with van der Waals surface area (Å²) in [7, 11) is 0. The molecule has 0 aliphatic heterocycles. The third-order valence-corrected chi connectivity index (χ3v) is 4.65. The second kappa shape index (κ2) is 10.3. The SMILES string of the molecule is Cl.NCC1(CC(=O)Nc2ccccc2OCCC(N)=O)CCCCC1. The highest BCUT2D eigenvalue weighted by Crippen LogP contribution is 2.38. The predicted molar refractivity (Wildman–Crippen MR) is 101 cm³/mol. The molecular formula is C18H28ClN3O3. The summed E-state index contributed by atoms with van der Waals surface area (Å²) >= 11 is 0. The first-order valence-corrected chi connectivity index (χ1v) is 8.55. The first-order valence-electron chi connectivity index (χ1n) is 8.55. The summed E-state index contributed by atoms with van der Waals surface area (Å²) in [6.07, 6.45) is 6.08. The van der Waals surface area contributed by atoms with Crippen LogP contribution in [0, 0.1) is 5.41 Å². The van der Waals surface area contributed by atoms with Crippen molar-refractivity contribution in [3.8, 4) is 5.75 Å². The van der Waals surface area contributed by atoms with Gasteiger partial charge < -0.3 is 21.5 Å². The summed E-state index contributed by atoms with van der Waals surface area (Å²) in [6.45, 7) is 0.728. The standard InChI is InChI=1S/C18H27N3O3.ClH/c19-13-18(9-4-1-5-10-18)12-17(23)21-14-6-2-3-7-15(14)24-11-8-16(20)22;/h2-3,6-7H,1,4-5,8-13,19H2,(H2,20,22)(H,21,23);1H. The van der Waals surface area contributed by atoms with Crippen LogP contribution in [0.1, 0.15) is 44.9 Å². The Labute approximate surface area is 155 Å². The smallest absolute Gasteiger partial charge is 0.225 e. The van der Waals surface area contributed by atoms with Crippen LogP contribution in [0.2, 0.25) is 0 Å². The third kappa shape index (κ3) is 6.55. The molecular weight excluding hydrogens is 342 g/mol. The molecule has 6 nitrogen and oxygen atoms in total. The number of nitrogens with one attached hydrogen (secondary N) is 1. The van der Waals surface area contributed by atoms with E-state index in [0.29, 0.717) is 24.4 Å². The maximum Gasteiger partial charge on any atom is 0.225 e. The molecule has 0 atom stereocenters. The van der Waals surface area contributed by atoms with Crippen molar-refractivity contribution in [1.82, 2.24) is 0 Å². The molecule has 0 saturated heterocycles. The van der Waals surface area contributed by atoms with Crippen molar-refractivity contribution in [2.75, 3.05) is 18.5 Å². The van der Waals surface area contributed by atoms with E-state index in [0.717, 1.165) is 25.7 Å². The maximum absolute atomic E-state index is 12.5. The van der Waals surface area contributed by atoms with Crippen LogP contribution in [-0.2, 0) is 9.59 Å². The van der Waals surface area contributed by atoms with Crippen molar-refractivity contribution < 1.29 is 14.3 Å². The van der Waals surface area contributed by atoms with Crippen molar-refractivity contribution in [1.29, 1.82) is 0 Å². The summed E-state index contributed by atoms with van der Waals surface area (Å²) in [5.41, 5.74) is 11.6. The molecule has 1 aromatic rings. The molecule has 140 valence electrons. The summed E-state index contributed by atoms with van der Waals surface area (Å²) < 4.78 is 5.55. The quantitative estimate of drug-likeness (QED) is 0.654. The van der Waals surface area contributed by atoms with Crippen LogP contribution in [-0.4, -0.2) is 25.0 Å². The molecule has 0 unspecified atom stereocenters. The van der Waals surface area contributed by atoms with E-state index in [1.807, 2.05) is 12.1 Å². The van der Waals surface area contributed by atoms with E-state index in [1.54, 1.807) is 12.1 Å². The lowest BCUT2D eigenvalue weighted by Gasteiger charge is -2.35. The lowest BCUT2D eigenvalue weighted by atomic mass is 9.71. The maximum atomic E-state index is 12.5. The summed E-state index contributed by atoms with van der Waals surface area (Å²) in [4.78, 5) is 23.3. The zero-order chi connectivity index (χ0) is 17.4. The first-order chi connectivity index (χ1) is 11.5. The minimum absolute atomic E-state index is 0. The molecule has 0 radical (unpaired) electrons. The molecule has 1 aromatic carbocycles. The van der Waals surface area contributed by atoms with E-state index in [2.05, 4.69) is 5.32 Å². The van der Waals surface area contributed by atoms with E-state index in [9.17, 15) is 9.59 Å². The van der Waals surface area contributed by atoms with Gasteiger partial charge in [0.2, 0.25) is 11.8 Å². The lowest BCUT2D eigenvalue weighted by Crippen LogP contribution is -2.36. The van der Waals surface area contributed by atoms with Crippen LogP contribution in [0.25, 0.3) is 0 Å². The molecule has 2 rings (SSSR count). The number of rotatable bonds is 8. The highest BCUT2D eigenvalue weighted by Gasteiger charge is 2.33. The number of ether oxygens (including phenoxy) is 1. The molecule has 25 heavy (non-hydrogen) atoms. The van der Waals surface area contributed by atoms with Crippen molar-refractivity contribution in [3.63, 3.8) is 0 Å². The normalized spacial score (nSPS) is 15.7. The van der Waals surface area contributed by atoms with Gasteiger partial charge in [-0.2, -0.15) is 0 Å². The number of amides is 2. The van der Waals surface area contributed by atoms with Crippen molar-refractivity contribution in [2.24, 2.45) is 16.9 Å². The Morgan fingerprint density at radius 2 is 1.84 bits per heavy atom. The van der Waals surface area contributed by atoms with Crippen molar-refractivity contribution in [3.05, 3.63) is 24.3 Å². The fourth-order valence-electron chi connectivity index (χ4n) is 3.25. The minimum Gasteiger partial charge on any atom is -0.491 e. The van der Waals surface area contributed by atoms with Gasteiger partial charge in [-0.3, -0.25) is 9.59 Å². The van der Waals surface area contributed by atoms with E-state index in [4.69, 9.17) is 16.2 Å². The van der Waals surface area contributed by atoms with Gasteiger partial charge >= 0.3 is 0 Å². The number of nitrogens with two attached hydrogens (primary N) is 2. The molecule has 0 spiro atoms. The zero-order valence-electron chi connectivity index (χ0n) is 14.5. The number of carbonyl (C=O) groups excluding carboxylic acids is 2. The fourth-order valence-corrected chi connectivity index (χ4v) is 3.25. The number of para-hydroxylation sites is 2. The van der Waals surface area contributed by atoms with Gasteiger partial charge in [0.25, 0.3) is 0 Å². The monoisotopic (exact) mass is 369 g/mol. The second-order valence-electron chi connectivity index (χ2n) is 6.55. The number of halogens is 1. The largest absolute Gasteiger partial charge is 0.491 e. The van der Waals surface area contributed by atoms with E-state index in [-0.39, 0.29) is 36.8 Å². The predicted octanol–water partition coefficient (Wildman–Crippen LogP) is 2.60. The molecule has 1 aliphatic carbocycles. The number of primary amides is 1. The van der Waals surface area contributed by atoms with Gasteiger partial charge in [0.05, 0.1) is 18.7 Å². The molecule has 2 amide bonds. The van der Waals surface area contributed by atoms with Crippen LogP contribution in [0.4, 0.5) is 5.69 Å². The fraction of sp³-hybridized carbons (Fsp3) is 0.556. The Morgan fingerprint density at radius 1 is 1.16 bits per heavy atom. The number of benzene rings is 1. The Bertz CT molecular complexity index is 574. The van der Waals surface area contributed by atoms with Crippen LogP contribution in [0.5, 0.6) is 5.75 Å². The van der Waals surface area contributed by atoms with Gasteiger partial charge in [-0.25, -0.2) is 0 Å². The number of hydrogen-bond donors (Lipinski definition) is 3. The van der Waals surface area contributed by atoms with Crippen LogP contribution in [0.3, 0.4) is 0 Å². The van der Waals surface area contributed by atoms with Gasteiger partial charge in [0.1, 0.15) is 5.75 Å². The molecule has 1 aliphatic rings. The minimum atomic E-state index is -0.418. The molecule has 7 heteroatoms. The van der Waals surface area contributed by atoms with Gasteiger partial charge in [0, 0.05) is 6.42 Å². The zero-order valence-corrected chi connectivity index (χ0v) is 15.3. The highest BCUT2D eigenvalue weighted by atomic mass is 35.5. The number of anilines is 1. The molecule has 1 fully saturated rings. The second-order valence-corrected chi connectivity index (χ2v) is 6.55. The first kappa shape index (κ1) is 21.3. The number of carbonyl (C=O) groups is 2. The average Bonchev–Trinajstić information content (AvgIpc) is 2.57. The Hall–Kier alpha value is -1.79. The summed E-state index contributed by atoms with van der Waals surface area (Å²) in [6, 6.07) is 7.19. The van der Waals surface area contributed by atoms with E-state index < -0.39 is 5.91 Å². The van der Waals surface area contributed by atoms with Gasteiger partial charge in [-0.05, 0) is 36.9 Å². The summed E-state index contributed by atoms with van der Waals surface area (Å²) in [5, 5.41) is 2.92. The average molecular weight is 370 g/mol.